The number of carbonyl (C=O) groups excluding carboxylic acids is 1. The molecule has 1 aromatic rings. The molecule has 0 aromatic carbocycles. The van der Waals surface area contributed by atoms with Crippen LogP contribution in [0.2, 0.25) is 0 Å². The monoisotopic (exact) mass is 266 g/mol. The molecule has 1 aliphatic carbocycles. The van der Waals surface area contributed by atoms with E-state index >= 15 is 0 Å². The summed E-state index contributed by atoms with van der Waals surface area (Å²) in [5.41, 5.74) is 7.35. The lowest BCUT2D eigenvalue weighted by Crippen LogP contribution is -2.33. The highest BCUT2D eigenvalue weighted by atomic mass is 16.3. The van der Waals surface area contributed by atoms with Crippen LogP contribution in [-0.4, -0.2) is 33.9 Å². The van der Waals surface area contributed by atoms with Gasteiger partial charge in [-0.15, -0.1) is 0 Å². The van der Waals surface area contributed by atoms with Crippen LogP contribution in [0.5, 0.6) is 0 Å². The molecule has 1 heterocycles. The second kappa shape index (κ2) is 6.06. The van der Waals surface area contributed by atoms with E-state index in [4.69, 9.17) is 5.73 Å². The number of carbonyl (C=O) groups is 1. The maximum Gasteiger partial charge on any atom is 0.273 e. The topological polar surface area (TPSA) is 104 Å². The van der Waals surface area contributed by atoms with Crippen LogP contribution in [-0.2, 0) is 6.42 Å². The summed E-state index contributed by atoms with van der Waals surface area (Å²) in [6, 6.07) is 0. The van der Waals surface area contributed by atoms with Crippen LogP contribution in [0.1, 0.15) is 48.8 Å². The van der Waals surface area contributed by atoms with E-state index in [0.717, 1.165) is 37.8 Å². The van der Waals surface area contributed by atoms with Crippen molar-refractivity contribution in [2.75, 3.05) is 12.3 Å². The molecule has 1 fully saturated rings. The number of nitrogens with zero attached hydrogens (tertiary/aromatic N) is 1. The third-order valence-electron chi connectivity index (χ3n) is 3.76. The molecule has 1 aliphatic rings. The van der Waals surface area contributed by atoms with Crippen molar-refractivity contribution in [3.05, 3.63) is 11.4 Å². The van der Waals surface area contributed by atoms with Crippen LogP contribution < -0.4 is 11.1 Å². The van der Waals surface area contributed by atoms with Crippen LogP contribution in [0.4, 0.5) is 5.69 Å². The zero-order chi connectivity index (χ0) is 13.8. The first-order valence-corrected chi connectivity index (χ1v) is 6.90. The maximum atomic E-state index is 12.0. The predicted octanol–water partition coefficient (Wildman–Crippen LogP) is 0.835. The van der Waals surface area contributed by atoms with E-state index in [0.29, 0.717) is 18.2 Å². The quantitative estimate of drug-likeness (QED) is 0.648. The number of aliphatic hydroxyl groups is 1. The third-order valence-corrected chi connectivity index (χ3v) is 3.76. The highest BCUT2D eigenvalue weighted by Gasteiger charge is 2.22. The highest BCUT2D eigenvalue weighted by molar-refractivity contribution is 5.97. The molecule has 6 nitrogen and oxygen atoms in total. The normalized spacial score (nSPS) is 23.3. The van der Waals surface area contributed by atoms with Crippen molar-refractivity contribution in [3.8, 4) is 0 Å². The minimum atomic E-state index is -0.242. The summed E-state index contributed by atoms with van der Waals surface area (Å²) in [7, 11) is 0. The van der Waals surface area contributed by atoms with Crippen molar-refractivity contribution >= 4 is 11.6 Å². The Balaban J connectivity index is 1.88. The molecule has 2 rings (SSSR count). The highest BCUT2D eigenvalue weighted by Crippen LogP contribution is 2.23. The van der Waals surface area contributed by atoms with Crippen molar-refractivity contribution in [3.63, 3.8) is 0 Å². The average molecular weight is 266 g/mol. The number of aliphatic hydroxyl groups excluding tert-OH is 1. The molecule has 2 unspecified atom stereocenters. The van der Waals surface area contributed by atoms with Gasteiger partial charge >= 0.3 is 0 Å². The number of H-pyrrole nitrogens is 1. The van der Waals surface area contributed by atoms with Crippen molar-refractivity contribution < 1.29 is 9.90 Å². The first kappa shape index (κ1) is 13.9. The molecule has 0 bridgehead atoms. The van der Waals surface area contributed by atoms with Gasteiger partial charge in [-0.1, -0.05) is 13.3 Å². The predicted molar refractivity (Wildman–Crippen MR) is 72.7 cm³/mol. The maximum absolute atomic E-state index is 12.0. The second-order valence-electron chi connectivity index (χ2n) is 5.21. The number of hydrogen-bond donors (Lipinski definition) is 4. The molecule has 0 aliphatic heterocycles. The summed E-state index contributed by atoms with van der Waals surface area (Å²) in [5.74, 6) is 0.104. The fourth-order valence-corrected chi connectivity index (χ4v) is 2.60. The fourth-order valence-electron chi connectivity index (χ4n) is 2.60. The number of aromatic amines is 1. The molecule has 2 atom stereocenters. The van der Waals surface area contributed by atoms with Crippen LogP contribution in [0.25, 0.3) is 0 Å². The van der Waals surface area contributed by atoms with E-state index in [9.17, 15) is 9.90 Å². The smallest absolute Gasteiger partial charge is 0.273 e. The van der Waals surface area contributed by atoms with Gasteiger partial charge in [0.15, 0.2) is 5.69 Å². The van der Waals surface area contributed by atoms with E-state index < -0.39 is 0 Å². The molecule has 1 saturated carbocycles. The van der Waals surface area contributed by atoms with Gasteiger partial charge in [0.1, 0.15) is 0 Å². The molecule has 0 radical (unpaired) electrons. The molecule has 6 heteroatoms. The van der Waals surface area contributed by atoms with Gasteiger partial charge in [-0.2, -0.15) is 5.10 Å². The number of aromatic nitrogens is 2. The summed E-state index contributed by atoms with van der Waals surface area (Å²) < 4.78 is 0. The number of nitrogen functional groups attached to an aromatic ring is 1. The van der Waals surface area contributed by atoms with Crippen molar-refractivity contribution in [2.45, 2.75) is 45.1 Å². The first-order valence-electron chi connectivity index (χ1n) is 6.90. The number of hydrogen-bond acceptors (Lipinski definition) is 4. The Hall–Kier alpha value is -1.56. The molecule has 1 amide bonds. The van der Waals surface area contributed by atoms with Crippen LogP contribution in [0.15, 0.2) is 0 Å². The van der Waals surface area contributed by atoms with E-state index in [1.807, 2.05) is 6.92 Å². The van der Waals surface area contributed by atoms with E-state index in [1.165, 1.54) is 0 Å². The van der Waals surface area contributed by atoms with Crippen molar-refractivity contribution in [2.24, 2.45) is 5.92 Å². The second-order valence-corrected chi connectivity index (χ2v) is 5.21. The summed E-state index contributed by atoms with van der Waals surface area (Å²) in [5, 5.41) is 19.2. The Morgan fingerprint density at radius 1 is 1.58 bits per heavy atom. The first-order chi connectivity index (χ1) is 9.11. The summed E-state index contributed by atoms with van der Waals surface area (Å²) in [4.78, 5) is 12.0. The molecule has 19 heavy (non-hydrogen) atoms. The Labute approximate surface area is 112 Å². The van der Waals surface area contributed by atoms with Gasteiger partial charge in [-0.25, -0.2) is 0 Å². The number of nitrogens with one attached hydrogen (secondary N) is 2. The summed E-state index contributed by atoms with van der Waals surface area (Å²) in [6.07, 6.45) is 4.20. The average Bonchev–Trinajstić information content (AvgIpc) is 2.77. The Morgan fingerprint density at radius 3 is 3.00 bits per heavy atom. The van der Waals surface area contributed by atoms with Gasteiger partial charge in [-0.3, -0.25) is 9.89 Å². The molecular weight excluding hydrogens is 244 g/mol. The number of anilines is 1. The minimum absolute atomic E-state index is 0.224. The number of aryl methyl sites for hydroxylation is 1. The van der Waals surface area contributed by atoms with Crippen molar-refractivity contribution in [1.29, 1.82) is 0 Å². The minimum Gasteiger partial charge on any atom is -0.395 e. The summed E-state index contributed by atoms with van der Waals surface area (Å²) >= 11 is 0. The molecule has 0 spiro atoms. The van der Waals surface area contributed by atoms with Crippen LogP contribution in [0, 0.1) is 5.92 Å². The summed E-state index contributed by atoms with van der Waals surface area (Å²) in [6.45, 7) is 2.53. The number of nitrogens with two attached hydrogens (primary N) is 1. The molecule has 0 saturated heterocycles. The zero-order valence-electron chi connectivity index (χ0n) is 11.3. The zero-order valence-corrected chi connectivity index (χ0v) is 11.3. The molecule has 106 valence electrons. The third kappa shape index (κ3) is 3.26. The van der Waals surface area contributed by atoms with E-state index in [2.05, 4.69) is 15.5 Å². The van der Waals surface area contributed by atoms with Gasteiger partial charge in [0, 0.05) is 6.54 Å². The van der Waals surface area contributed by atoms with Gasteiger partial charge in [-0.05, 0) is 31.6 Å². The van der Waals surface area contributed by atoms with Gasteiger partial charge in [0.25, 0.3) is 5.91 Å². The van der Waals surface area contributed by atoms with Crippen molar-refractivity contribution in [1.82, 2.24) is 15.5 Å². The number of rotatable bonds is 4. The fraction of sp³-hybridized carbons (Fsp3) is 0.692. The van der Waals surface area contributed by atoms with Gasteiger partial charge < -0.3 is 16.2 Å². The SMILES string of the molecule is CCc1[nH]nc(C(=O)NCC2CCCC(O)C2)c1N. The van der Waals surface area contributed by atoms with E-state index in [1.54, 1.807) is 0 Å². The number of amides is 1. The van der Waals surface area contributed by atoms with E-state index in [-0.39, 0.29) is 17.7 Å². The lowest BCUT2D eigenvalue weighted by atomic mass is 9.87. The largest absolute Gasteiger partial charge is 0.395 e. The Morgan fingerprint density at radius 2 is 2.37 bits per heavy atom. The standard InChI is InChI=1S/C13H22N4O2/c1-2-10-11(14)12(17-16-10)13(19)15-7-8-4-3-5-9(18)6-8/h8-9,18H,2-7,14H2,1H3,(H,15,19)(H,16,17). The molecular formula is C13H22N4O2. The lowest BCUT2D eigenvalue weighted by molar-refractivity contribution is 0.0871. The molecule has 1 aromatic heterocycles. The van der Waals surface area contributed by atoms with Gasteiger partial charge in [0.05, 0.1) is 17.5 Å². The molecule has 5 N–H and O–H groups in total. The lowest BCUT2D eigenvalue weighted by Gasteiger charge is -2.25. The van der Waals surface area contributed by atoms with Crippen LogP contribution >= 0.6 is 0 Å². The van der Waals surface area contributed by atoms with Gasteiger partial charge in [0.2, 0.25) is 0 Å². The Bertz CT molecular complexity index is 444. The Kier molecular flexibility index (Phi) is 4.42. The van der Waals surface area contributed by atoms with Crippen LogP contribution in [0.3, 0.4) is 0 Å².